The molecule has 1 atom stereocenters. The van der Waals surface area contributed by atoms with Crippen LogP contribution in [0.2, 0.25) is 0 Å². The molecule has 0 saturated heterocycles. The van der Waals surface area contributed by atoms with Gasteiger partial charge in [0.15, 0.2) is 0 Å². The van der Waals surface area contributed by atoms with Crippen molar-refractivity contribution < 1.29 is 29.3 Å². The van der Waals surface area contributed by atoms with Gasteiger partial charge in [0.05, 0.1) is 0 Å². The third-order valence-corrected chi connectivity index (χ3v) is 2.80. The number of unbranched alkanes of at least 4 members (excludes halogenated alkanes) is 2. The average Bonchev–Trinajstić information content (AvgIpc) is 2.41. The number of urea groups is 1. The van der Waals surface area contributed by atoms with Crippen LogP contribution in [0.15, 0.2) is 0 Å². The smallest absolute Gasteiger partial charge is 0.326 e. The van der Waals surface area contributed by atoms with Crippen molar-refractivity contribution in [3.05, 3.63) is 0 Å². The molecule has 0 spiro atoms. The quantitative estimate of drug-likeness (QED) is 0.395. The number of hydrogen-bond acceptors (Lipinski definition) is 4. The number of rotatable bonds is 12. The molecule has 0 aliphatic carbocycles. The molecule has 8 heteroatoms. The lowest BCUT2D eigenvalue weighted by molar-refractivity contribution is -0.140. The second-order valence-corrected chi connectivity index (χ2v) is 4.63. The van der Waals surface area contributed by atoms with Gasteiger partial charge in [0.25, 0.3) is 0 Å². The van der Waals surface area contributed by atoms with Crippen LogP contribution in [0, 0.1) is 0 Å². The Bertz CT molecular complexity index is 335. The molecule has 122 valence electrons. The minimum absolute atomic E-state index is 0.0862. The first-order valence-corrected chi connectivity index (χ1v) is 6.95. The van der Waals surface area contributed by atoms with E-state index in [1.165, 1.54) is 0 Å². The molecule has 0 aromatic heterocycles. The van der Waals surface area contributed by atoms with Gasteiger partial charge >= 0.3 is 18.0 Å². The predicted octanol–water partition coefficient (Wildman–Crippen LogP) is 0.810. The van der Waals surface area contributed by atoms with Crippen LogP contribution in [0.5, 0.6) is 0 Å². The second kappa shape index (κ2) is 12.0. The Morgan fingerprint density at radius 1 is 1.10 bits per heavy atom. The van der Waals surface area contributed by atoms with E-state index in [4.69, 9.17) is 14.9 Å². The number of aliphatic carboxylic acids is 2. The third-order valence-electron chi connectivity index (χ3n) is 2.80. The molecular weight excluding hydrogens is 280 g/mol. The van der Waals surface area contributed by atoms with Crippen molar-refractivity contribution in [2.45, 2.75) is 44.6 Å². The van der Waals surface area contributed by atoms with Gasteiger partial charge in [-0.2, -0.15) is 0 Å². The SMILES string of the molecule is COCCCCCNC(=O)N[C@H](CCCC(=O)O)C(=O)O. The maximum absolute atomic E-state index is 11.5. The van der Waals surface area contributed by atoms with E-state index in [0.29, 0.717) is 13.2 Å². The molecule has 21 heavy (non-hydrogen) atoms. The van der Waals surface area contributed by atoms with Crippen LogP contribution >= 0.6 is 0 Å². The van der Waals surface area contributed by atoms with E-state index in [1.54, 1.807) is 7.11 Å². The first-order valence-electron chi connectivity index (χ1n) is 6.95. The van der Waals surface area contributed by atoms with Crippen molar-refractivity contribution in [3.8, 4) is 0 Å². The summed E-state index contributed by atoms with van der Waals surface area (Å²) < 4.78 is 4.90. The summed E-state index contributed by atoms with van der Waals surface area (Å²) in [6.45, 7) is 1.13. The monoisotopic (exact) mass is 304 g/mol. The molecule has 0 aliphatic heterocycles. The lowest BCUT2D eigenvalue weighted by Crippen LogP contribution is -2.46. The first kappa shape index (κ1) is 19.2. The molecule has 0 radical (unpaired) electrons. The number of carbonyl (C=O) groups is 3. The fourth-order valence-corrected chi connectivity index (χ4v) is 1.67. The average molecular weight is 304 g/mol. The zero-order chi connectivity index (χ0) is 16.1. The normalized spacial score (nSPS) is 11.7. The Labute approximate surface area is 123 Å². The van der Waals surface area contributed by atoms with Gasteiger partial charge in [-0.15, -0.1) is 0 Å². The molecule has 0 heterocycles. The van der Waals surface area contributed by atoms with Gasteiger partial charge < -0.3 is 25.6 Å². The standard InChI is InChI=1S/C13H24N2O6/c1-21-9-4-2-3-8-14-13(20)15-10(12(18)19)6-5-7-11(16)17/h10H,2-9H2,1H3,(H,16,17)(H,18,19)(H2,14,15,20)/t10-/m1/s1. The molecule has 0 aromatic rings. The van der Waals surface area contributed by atoms with E-state index in [9.17, 15) is 14.4 Å². The molecule has 0 aromatic carbocycles. The van der Waals surface area contributed by atoms with Crippen molar-refractivity contribution in [1.29, 1.82) is 0 Å². The van der Waals surface area contributed by atoms with Crippen LogP contribution < -0.4 is 10.6 Å². The molecule has 8 nitrogen and oxygen atoms in total. The van der Waals surface area contributed by atoms with Gasteiger partial charge in [-0.1, -0.05) is 0 Å². The van der Waals surface area contributed by atoms with E-state index in [0.717, 1.165) is 19.3 Å². The summed E-state index contributed by atoms with van der Waals surface area (Å²) in [7, 11) is 1.63. The van der Waals surface area contributed by atoms with Gasteiger partial charge in [0, 0.05) is 26.7 Å². The van der Waals surface area contributed by atoms with Crippen molar-refractivity contribution in [3.63, 3.8) is 0 Å². The second-order valence-electron chi connectivity index (χ2n) is 4.63. The molecule has 0 saturated carbocycles. The van der Waals surface area contributed by atoms with Crippen LogP contribution in [-0.4, -0.2) is 54.5 Å². The van der Waals surface area contributed by atoms with Gasteiger partial charge in [-0.3, -0.25) is 4.79 Å². The fraction of sp³-hybridized carbons (Fsp3) is 0.769. The summed E-state index contributed by atoms with van der Waals surface area (Å²) in [6.07, 6.45) is 2.77. The van der Waals surface area contributed by atoms with E-state index in [-0.39, 0.29) is 19.3 Å². The molecule has 0 aliphatic rings. The lowest BCUT2D eigenvalue weighted by Gasteiger charge is -2.14. The number of methoxy groups -OCH3 is 1. The Kier molecular flexibility index (Phi) is 10.9. The van der Waals surface area contributed by atoms with E-state index >= 15 is 0 Å². The first-order chi connectivity index (χ1) is 9.97. The number of ether oxygens (including phenoxy) is 1. The van der Waals surface area contributed by atoms with Gasteiger partial charge in [-0.05, 0) is 32.1 Å². The van der Waals surface area contributed by atoms with Gasteiger partial charge in [0.2, 0.25) is 0 Å². The highest BCUT2D eigenvalue weighted by molar-refractivity contribution is 5.82. The van der Waals surface area contributed by atoms with E-state index in [2.05, 4.69) is 10.6 Å². The largest absolute Gasteiger partial charge is 0.481 e. The van der Waals surface area contributed by atoms with Gasteiger partial charge in [0.1, 0.15) is 6.04 Å². The molecule has 2 amide bonds. The number of carboxylic acids is 2. The Morgan fingerprint density at radius 2 is 1.81 bits per heavy atom. The minimum Gasteiger partial charge on any atom is -0.481 e. The van der Waals surface area contributed by atoms with Crippen molar-refractivity contribution in [1.82, 2.24) is 10.6 Å². The summed E-state index contributed by atoms with van der Waals surface area (Å²) in [6, 6.07) is -1.62. The zero-order valence-corrected chi connectivity index (χ0v) is 12.3. The van der Waals surface area contributed by atoms with E-state index in [1.807, 2.05) is 0 Å². The summed E-state index contributed by atoms with van der Waals surface area (Å²) in [4.78, 5) is 32.8. The van der Waals surface area contributed by atoms with Crippen molar-refractivity contribution in [2.75, 3.05) is 20.3 Å². The minimum atomic E-state index is -1.17. The van der Waals surface area contributed by atoms with Crippen LogP contribution in [0.25, 0.3) is 0 Å². The summed E-state index contributed by atoms with van der Waals surface area (Å²) in [5, 5.41) is 22.3. The number of nitrogens with one attached hydrogen (secondary N) is 2. The Morgan fingerprint density at radius 3 is 2.38 bits per heavy atom. The maximum Gasteiger partial charge on any atom is 0.326 e. The summed E-state index contributed by atoms with van der Waals surface area (Å²) in [5.41, 5.74) is 0. The molecule has 4 N–H and O–H groups in total. The van der Waals surface area contributed by atoms with E-state index < -0.39 is 24.0 Å². The van der Waals surface area contributed by atoms with Crippen molar-refractivity contribution in [2.24, 2.45) is 0 Å². The Hall–Kier alpha value is -1.83. The number of hydrogen-bond donors (Lipinski definition) is 4. The highest BCUT2D eigenvalue weighted by Gasteiger charge is 2.19. The predicted molar refractivity (Wildman–Crippen MR) is 75.2 cm³/mol. The molecule has 0 rings (SSSR count). The van der Waals surface area contributed by atoms with Crippen LogP contribution in [0.4, 0.5) is 4.79 Å². The highest BCUT2D eigenvalue weighted by Crippen LogP contribution is 2.02. The van der Waals surface area contributed by atoms with Crippen LogP contribution in [-0.2, 0) is 14.3 Å². The molecule has 0 bridgehead atoms. The lowest BCUT2D eigenvalue weighted by atomic mass is 10.1. The summed E-state index contributed by atoms with van der Waals surface area (Å²) >= 11 is 0. The topological polar surface area (TPSA) is 125 Å². The summed E-state index contributed by atoms with van der Waals surface area (Å²) in [5.74, 6) is -2.16. The molecule has 0 fully saturated rings. The maximum atomic E-state index is 11.5. The highest BCUT2D eigenvalue weighted by atomic mass is 16.5. The number of amides is 2. The molecule has 0 unspecified atom stereocenters. The van der Waals surface area contributed by atoms with Crippen LogP contribution in [0.1, 0.15) is 38.5 Å². The van der Waals surface area contributed by atoms with Crippen LogP contribution in [0.3, 0.4) is 0 Å². The van der Waals surface area contributed by atoms with Crippen molar-refractivity contribution >= 4 is 18.0 Å². The number of carbonyl (C=O) groups excluding carboxylic acids is 1. The zero-order valence-electron chi connectivity index (χ0n) is 12.3. The fourth-order valence-electron chi connectivity index (χ4n) is 1.67. The molecular formula is C13H24N2O6. The Balaban J connectivity index is 3.84. The number of carboxylic acid groups (broad SMARTS) is 2. The third kappa shape index (κ3) is 11.7. The van der Waals surface area contributed by atoms with Gasteiger partial charge in [-0.25, -0.2) is 9.59 Å².